The second-order valence-electron chi connectivity index (χ2n) is 6.34. The monoisotopic (exact) mass is 427 g/mol. The lowest BCUT2D eigenvalue weighted by atomic mass is 10.1. The first-order chi connectivity index (χ1) is 13.8. The number of aromatic nitrogens is 1. The highest BCUT2D eigenvalue weighted by Crippen LogP contribution is 2.32. The topological polar surface area (TPSA) is 57.8 Å². The van der Waals surface area contributed by atoms with Crippen LogP contribution in [0.15, 0.2) is 54.1 Å². The first-order valence-electron chi connectivity index (χ1n) is 8.64. The maximum absolute atomic E-state index is 13.8. The molecule has 0 aliphatic rings. The second kappa shape index (κ2) is 8.52. The Morgan fingerprint density at radius 1 is 1.17 bits per heavy atom. The molecule has 1 amide bonds. The van der Waals surface area contributed by atoms with Crippen molar-refractivity contribution >= 4 is 40.9 Å². The molecule has 1 aromatic heterocycles. The van der Waals surface area contributed by atoms with Crippen LogP contribution in [-0.2, 0) is 4.79 Å². The fourth-order valence-corrected chi connectivity index (χ4v) is 3.41. The van der Waals surface area contributed by atoms with Crippen LogP contribution in [0.1, 0.15) is 17.0 Å². The van der Waals surface area contributed by atoms with Gasteiger partial charge in [0.1, 0.15) is 17.5 Å². The number of hydrogen-bond acceptors (Lipinski definition) is 2. The Morgan fingerprint density at radius 2 is 1.90 bits per heavy atom. The third-order valence-corrected chi connectivity index (χ3v) is 5.24. The predicted octanol–water partition coefficient (Wildman–Crippen LogP) is 6.09. The van der Waals surface area contributed by atoms with Crippen LogP contribution >= 0.6 is 23.2 Å². The van der Waals surface area contributed by atoms with E-state index < -0.39 is 11.7 Å². The predicted molar refractivity (Wildman–Crippen MR) is 114 cm³/mol. The van der Waals surface area contributed by atoms with Gasteiger partial charge in [0.25, 0.3) is 5.91 Å². The third kappa shape index (κ3) is 4.19. The van der Waals surface area contributed by atoms with E-state index in [2.05, 4.69) is 5.32 Å². The fraction of sp³-hybridized carbons (Fsp3) is 0.0909. The molecule has 1 heterocycles. The van der Waals surface area contributed by atoms with E-state index in [1.807, 2.05) is 36.6 Å². The van der Waals surface area contributed by atoms with Gasteiger partial charge in [-0.1, -0.05) is 41.4 Å². The molecule has 7 heteroatoms. The van der Waals surface area contributed by atoms with Crippen molar-refractivity contribution < 1.29 is 9.18 Å². The molecule has 0 spiro atoms. The standard InChI is InChI=1S/C22H16Cl2FN3O/c1-13-10-15(14(2)28(13)20-9-5-6-17(23)21(20)24)11-16(12-26)22(29)27-19-8-4-3-7-18(19)25/h3-11H,1-2H3,(H,27,29)/b16-11+. The number of carbonyl (C=O) groups excluding carboxylic acids is 1. The molecule has 3 aromatic rings. The Morgan fingerprint density at radius 3 is 2.59 bits per heavy atom. The molecule has 0 aliphatic carbocycles. The molecule has 3 rings (SSSR count). The molecule has 2 aromatic carbocycles. The van der Waals surface area contributed by atoms with Crippen LogP contribution in [0.5, 0.6) is 0 Å². The molecular formula is C22H16Cl2FN3O. The number of halogens is 3. The number of nitrogens with zero attached hydrogens (tertiary/aromatic N) is 2. The van der Waals surface area contributed by atoms with E-state index in [0.29, 0.717) is 21.3 Å². The van der Waals surface area contributed by atoms with Gasteiger partial charge in [-0.15, -0.1) is 0 Å². The van der Waals surface area contributed by atoms with Crippen molar-refractivity contribution in [2.45, 2.75) is 13.8 Å². The minimum Gasteiger partial charge on any atom is -0.319 e. The highest BCUT2D eigenvalue weighted by molar-refractivity contribution is 6.43. The molecule has 0 fully saturated rings. The summed E-state index contributed by atoms with van der Waals surface area (Å²) in [6.07, 6.45) is 1.47. The SMILES string of the molecule is Cc1cc(/C=C(\C#N)C(=O)Nc2ccccc2F)c(C)n1-c1cccc(Cl)c1Cl. The maximum atomic E-state index is 13.8. The van der Waals surface area contributed by atoms with Crippen molar-refractivity contribution in [2.24, 2.45) is 0 Å². The summed E-state index contributed by atoms with van der Waals surface area (Å²) >= 11 is 12.5. The normalized spacial score (nSPS) is 11.2. The second-order valence-corrected chi connectivity index (χ2v) is 7.12. The van der Waals surface area contributed by atoms with Gasteiger partial charge in [-0.25, -0.2) is 4.39 Å². The van der Waals surface area contributed by atoms with Gasteiger partial charge < -0.3 is 9.88 Å². The molecule has 146 valence electrons. The molecule has 0 radical (unpaired) electrons. The summed E-state index contributed by atoms with van der Waals surface area (Å²) in [5, 5.41) is 12.7. The van der Waals surface area contributed by atoms with Gasteiger partial charge in [0, 0.05) is 11.4 Å². The Bertz CT molecular complexity index is 1180. The summed E-state index contributed by atoms with van der Waals surface area (Å²) in [4.78, 5) is 12.5. The van der Waals surface area contributed by atoms with Gasteiger partial charge in [0.2, 0.25) is 0 Å². The zero-order valence-corrected chi connectivity index (χ0v) is 17.1. The van der Waals surface area contributed by atoms with E-state index in [-0.39, 0.29) is 11.3 Å². The molecule has 1 N–H and O–H groups in total. The molecule has 0 bridgehead atoms. The number of nitriles is 1. The lowest BCUT2D eigenvalue weighted by Gasteiger charge is -2.12. The number of hydrogen-bond donors (Lipinski definition) is 1. The highest BCUT2D eigenvalue weighted by Gasteiger charge is 2.16. The van der Waals surface area contributed by atoms with Crippen molar-refractivity contribution in [1.82, 2.24) is 4.57 Å². The molecule has 4 nitrogen and oxygen atoms in total. The van der Waals surface area contributed by atoms with Crippen molar-refractivity contribution in [3.63, 3.8) is 0 Å². The summed E-state index contributed by atoms with van der Waals surface area (Å²) in [6.45, 7) is 3.73. The number of anilines is 1. The Hall–Kier alpha value is -3.07. The van der Waals surface area contributed by atoms with Crippen LogP contribution in [0.3, 0.4) is 0 Å². The molecule has 0 saturated carbocycles. The number of aryl methyl sites for hydroxylation is 1. The number of amides is 1. The lowest BCUT2D eigenvalue weighted by Crippen LogP contribution is -2.14. The van der Waals surface area contributed by atoms with E-state index in [0.717, 1.165) is 11.4 Å². The average Bonchev–Trinajstić information content (AvgIpc) is 2.97. The molecule has 29 heavy (non-hydrogen) atoms. The third-order valence-electron chi connectivity index (χ3n) is 4.43. The van der Waals surface area contributed by atoms with Gasteiger partial charge >= 0.3 is 0 Å². The van der Waals surface area contributed by atoms with Gasteiger partial charge in [-0.2, -0.15) is 5.26 Å². The van der Waals surface area contributed by atoms with E-state index in [9.17, 15) is 14.4 Å². The highest BCUT2D eigenvalue weighted by atomic mass is 35.5. The summed E-state index contributed by atoms with van der Waals surface area (Å²) in [5.41, 5.74) is 2.85. The van der Waals surface area contributed by atoms with Crippen LogP contribution in [0.2, 0.25) is 10.0 Å². The summed E-state index contributed by atoms with van der Waals surface area (Å²) in [6, 6.07) is 14.8. The van der Waals surface area contributed by atoms with Crippen LogP contribution in [0.25, 0.3) is 11.8 Å². The zero-order valence-electron chi connectivity index (χ0n) is 15.6. The van der Waals surface area contributed by atoms with Crippen molar-refractivity contribution in [2.75, 3.05) is 5.32 Å². The first-order valence-corrected chi connectivity index (χ1v) is 9.40. The number of para-hydroxylation sites is 1. The van der Waals surface area contributed by atoms with Gasteiger partial charge in [0.15, 0.2) is 0 Å². The van der Waals surface area contributed by atoms with Crippen molar-refractivity contribution in [3.05, 3.63) is 86.9 Å². The Labute approximate surface area is 177 Å². The maximum Gasteiger partial charge on any atom is 0.266 e. The van der Waals surface area contributed by atoms with Crippen LogP contribution in [-0.4, -0.2) is 10.5 Å². The van der Waals surface area contributed by atoms with E-state index in [4.69, 9.17) is 23.2 Å². The Kier molecular flexibility index (Phi) is 6.07. The Balaban J connectivity index is 1.99. The van der Waals surface area contributed by atoms with Crippen molar-refractivity contribution in [1.29, 1.82) is 5.26 Å². The van der Waals surface area contributed by atoms with E-state index in [1.165, 1.54) is 24.3 Å². The lowest BCUT2D eigenvalue weighted by molar-refractivity contribution is -0.112. The number of rotatable bonds is 4. The van der Waals surface area contributed by atoms with Gasteiger partial charge in [-0.3, -0.25) is 4.79 Å². The fourth-order valence-electron chi connectivity index (χ4n) is 3.03. The van der Waals surface area contributed by atoms with Crippen molar-refractivity contribution in [3.8, 4) is 11.8 Å². The van der Waals surface area contributed by atoms with Gasteiger partial charge in [-0.05, 0) is 55.8 Å². The molecular weight excluding hydrogens is 412 g/mol. The van der Waals surface area contributed by atoms with E-state index >= 15 is 0 Å². The minimum absolute atomic E-state index is 0.00910. The zero-order chi connectivity index (χ0) is 21.1. The summed E-state index contributed by atoms with van der Waals surface area (Å²) < 4.78 is 15.7. The smallest absolute Gasteiger partial charge is 0.266 e. The largest absolute Gasteiger partial charge is 0.319 e. The van der Waals surface area contributed by atoms with Crippen LogP contribution < -0.4 is 5.32 Å². The molecule has 0 atom stereocenters. The summed E-state index contributed by atoms with van der Waals surface area (Å²) in [7, 11) is 0. The number of carbonyl (C=O) groups is 1. The number of benzene rings is 2. The minimum atomic E-state index is -0.691. The van der Waals surface area contributed by atoms with E-state index in [1.54, 1.807) is 18.2 Å². The van der Waals surface area contributed by atoms with Crippen LogP contribution in [0.4, 0.5) is 10.1 Å². The first kappa shape index (κ1) is 20.7. The average molecular weight is 428 g/mol. The number of nitrogens with one attached hydrogen (secondary N) is 1. The summed E-state index contributed by atoms with van der Waals surface area (Å²) in [5.74, 6) is -1.27. The molecule has 0 unspecified atom stereocenters. The molecule has 0 saturated heterocycles. The van der Waals surface area contributed by atoms with Crippen LogP contribution in [0, 0.1) is 31.0 Å². The molecule has 0 aliphatic heterocycles. The quantitative estimate of drug-likeness (QED) is 0.404. The van der Waals surface area contributed by atoms with Gasteiger partial charge in [0.05, 0.1) is 21.4 Å².